The van der Waals surface area contributed by atoms with Crippen LogP contribution in [-0.2, 0) is 13.0 Å². The van der Waals surface area contributed by atoms with Crippen molar-refractivity contribution < 1.29 is 13.9 Å². The predicted octanol–water partition coefficient (Wildman–Crippen LogP) is 5.27. The first kappa shape index (κ1) is 22.6. The highest BCUT2D eigenvalue weighted by Crippen LogP contribution is 2.30. The van der Waals surface area contributed by atoms with Crippen LogP contribution < -0.4 is 20.8 Å². The van der Waals surface area contributed by atoms with E-state index >= 15 is 0 Å². The lowest BCUT2D eigenvalue weighted by Crippen LogP contribution is -2.16. The van der Waals surface area contributed by atoms with Gasteiger partial charge in [0.05, 0.1) is 11.9 Å². The van der Waals surface area contributed by atoms with Gasteiger partial charge in [-0.15, -0.1) is 0 Å². The quantitative estimate of drug-likeness (QED) is 0.538. The number of fused-ring (bicyclic) bond motifs is 2. The third-order valence-electron chi connectivity index (χ3n) is 6.00. The first-order valence-corrected chi connectivity index (χ1v) is 11.7. The summed E-state index contributed by atoms with van der Waals surface area (Å²) < 4.78 is 16.0. The van der Waals surface area contributed by atoms with Crippen LogP contribution in [0.2, 0.25) is 5.02 Å². The Morgan fingerprint density at radius 3 is 2.59 bits per heavy atom. The number of hydrogen-bond acceptors (Lipinski definition) is 6. The van der Waals surface area contributed by atoms with Crippen molar-refractivity contribution in [1.82, 2.24) is 4.98 Å². The van der Waals surface area contributed by atoms with Crippen molar-refractivity contribution in [2.75, 3.05) is 13.2 Å². The fraction of sp³-hybridized carbons (Fsp3) is 0.440. The minimum absolute atomic E-state index is 0.293. The molecule has 0 bridgehead atoms. The average Bonchev–Trinajstić information content (AvgIpc) is 2.83. The summed E-state index contributed by atoms with van der Waals surface area (Å²) in [4.78, 5) is 15.5. The molecule has 2 aliphatic rings. The van der Waals surface area contributed by atoms with Crippen LogP contribution in [0.1, 0.15) is 49.8 Å². The molecule has 0 unspecified atom stereocenters. The minimum atomic E-state index is -0.293. The molecule has 3 heterocycles. The van der Waals surface area contributed by atoms with E-state index in [0.29, 0.717) is 36.1 Å². The van der Waals surface area contributed by atoms with E-state index in [0.717, 1.165) is 41.2 Å². The molecule has 2 N–H and O–H groups in total. The fourth-order valence-electron chi connectivity index (χ4n) is 4.34. The zero-order valence-electron chi connectivity index (χ0n) is 18.1. The molecule has 0 spiro atoms. The van der Waals surface area contributed by atoms with E-state index in [-0.39, 0.29) is 5.63 Å². The maximum absolute atomic E-state index is 11.4. The van der Waals surface area contributed by atoms with Gasteiger partial charge in [-0.1, -0.05) is 43.7 Å². The topological polar surface area (TPSA) is 87.6 Å². The van der Waals surface area contributed by atoms with E-state index in [1.54, 1.807) is 12.3 Å². The maximum Gasteiger partial charge on any atom is 0.336 e. The van der Waals surface area contributed by atoms with E-state index in [9.17, 15) is 4.79 Å². The smallest absolute Gasteiger partial charge is 0.336 e. The molecule has 2 aromatic heterocycles. The number of halogens is 1. The Balaban J connectivity index is 0.000000174. The summed E-state index contributed by atoms with van der Waals surface area (Å²) in [6.07, 6.45) is 10.5. The monoisotopic (exact) mass is 456 g/mol. The molecule has 1 saturated carbocycles. The van der Waals surface area contributed by atoms with Crippen molar-refractivity contribution in [2.24, 2.45) is 11.7 Å². The molecule has 1 aromatic carbocycles. The zero-order chi connectivity index (χ0) is 22.3. The number of benzene rings is 1. The summed E-state index contributed by atoms with van der Waals surface area (Å²) in [5, 5.41) is 1.63. The van der Waals surface area contributed by atoms with Gasteiger partial charge in [-0.2, -0.15) is 0 Å². The van der Waals surface area contributed by atoms with Crippen LogP contribution in [0.15, 0.2) is 45.7 Å². The Morgan fingerprint density at radius 2 is 1.81 bits per heavy atom. The Hall–Kier alpha value is -2.57. The Morgan fingerprint density at radius 1 is 1.03 bits per heavy atom. The standard InChI is InChI=1S/C17H19ClO2.C8H10N2O2/c18-15-10-13(7-6-12-4-2-1-3-5-12)17-14(11-15)8-9-16(19)20-17;9-4-6-3-7-8(5-10-6)12-2-1-11-7/h8-12H,1-7H2;3,5H,1-2,4,9H2. The SMILES string of the molecule is NCc1cc2c(cn1)OCCO2.O=c1ccc2cc(Cl)cc(CCC3CCCCC3)c2o1. The lowest BCUT2D eigenvalue weighted by molar-refractivity contribution is 0.170. The molecule has 6 nitrogen and oxygen atoms in total. The number of ether oxygens (including phenoxy) is 2. The first-order chi connectivity index (χ1) is 15.6. The maximum atomic E-state index is 11.4. The zero-order valence-corrected chi connectivity index (χ0v) is 18.9. The van der Waals surface area contributed by atoms with Gasteiger partial charge in [0.15, 0.2) is 11.5 Å². The van der Waals surface area contributed by atoms with Crippen LogP contribution >= 0.6 is 11.6 Å². The number of nitrogens with zero attached hydrogens (tertiary/aromatic N) is 1. The molecule has 3 aromatic rings. The molecule has 7 heteroatoms. The average molecular weight is 457 g/mol. The van der Waals surface area contributed by atoms with Gasteiger partial charge in [0.1, 0.15) is 18.8 Å². The second-order valence-electron chi connectivity index (χ2n) is 8.30. The second kappa shape index (κ2) is 10.8. The molecule has 0 amide bonds. The van der Waals surface area contributed by atoms with Crippen LogP contribution in [-0.4, -0.2) is 18.2 Å². The van der Waals surface area contributed by atoms with E-state index < -0.39 is 0 Å². The van der Waals surface area contributed by atoms with Crippen LogP contribution in [0.5, 0.6) is 11.5 Å². The second-order valence-corrected chi connectivity index (χ2v) is 8.74. The molecule has 32 heavy (non-hydrogen) atoms. The highest BCUT2D eigenvalue weighted by Gasteiger charge is 2.15. The van der Waals surface area contributed by atoms with Crippen molar-refractivity contribution in [1.29, 1.82) is 0 Å². The molecule has 1 aliphatic carbocycles. The number of aromatic nitrogens is 1. The van der Waals surface area contributed by atoms with Gasteiger partial charge in [-0.05, 0) is 42.5 Å². The summed E-state index contributed by atoms with van der Waals surface area (Å²) in [6, 6.07) is 8.84. The summed E-state index contributed by atoms with van der Waals surface area (Å²) in [6.45, 7) is 1.62. The molecular formula is C25H29ClN2O4. The van der Waals surface area contributed by atoms with Gasteiger partial charge in [0.25, 0.3) is 0 Å². The van der Waals surface area contributed by atoms with Crippen LogP contribution in [0.3, 0.4) is 0 Å². The van der Waals surface area contributed by atoms with Crippen molar-refractivity contribution in [2.45, 2.75) is 51.5 Å². The molecule has 170 valence electrons. The van der Waals surface area contributed by atoms with Gasteiger partial charge in [-0.3, -0.25) is 4.98 Å². The van der Waals surface area contributed by atoms with Gasteiger partial charge in [0.2, 0.25) is 0 Å². The largest absolute Gasteiger partial charge is 0.486 e. The predicted molar refractivity (Wildman–Crippen MR) is 126 cm³/mol. The molecule has 0 radical (unpaired) electrons. The van der Waals surface area contributed by atoms with E-state index in [2.05, 4.69) is 4.98 Å². The number of pyridine rings is 1. The third kappa shape index (κ3) is 5.81. The lowest BCUT2D eigenvalue weighted by atomic mass is 9.85. The molecule has 0 saturated heterocycles. The van der Waals surface area contributed by atoms with Gasteiger partial charge in [-0.25, -0.2) is 4.79 Å². The molecule has 1 aliphatic heterocycles. The first-order valence-electron chi connectivity index (χ1n) is 11.3. The van der Waals surface area contributed by atoms with Crippen molar-refractivity contribution >= 4 is 22.6 Å². The van der Waals surface area contributed by atoms with Crippen molar-refractivity contribution in [3.8, 4) is 11.5 Å². The van der Waals surface area contributed by atoms with Gasteiger partial charge < -0.3 is 19.6 Å². The number of hydrogen-bond donors (Lipinski definition) is 1. The number of nitrogens with two attached hydrogens (primary N) is 1. The number of rotatable bonds is 4. The molecular weight excluding hydrogens is 428 g/mol. The highest BCUT2D eigenvalue weighted by molar-refractivity contribution is 6.31. The molecule has 5 rings (SSSR count). The Bertz CT molecular complexity index is 1110. The van der Waals surface area contributed by atoms with E-state index in [1.807, 2.05) is 18.2 Å². The van der Waals surface area contributed by atoms with Crippen molar-refractivity contribution in [3.63, 3.8) is 0 Å². The molecule has 1 fully saturated rings. The normalized spacial score (nSPS) is 15.8. The Kier molecular flexibility index (Phi) is 7.66. The van der Waals surface area contributed by atoms with Gasteiger partial charge in [0, 0.05) is 29.1 Å². The van der Waals surface area contributed by atoms with Gasteiger partial charge >= 0.3 is 5.63 Å². The van der Waals surface area contributed by atoms with Crippen LogP contribution in [0, 0.1) is 5.92 Å². The van der Waals surface area contributed by atoms with Crippen molar-refractivity contribution in [3.05, 3.63) is 63.2 Å². The Labute approximate surface area is 192 Å². The third-order valence-corrected chi connectivity index (χ3v) is 6.22. The van der Waals surface area contributed by atoms with E-state index in [1.165, 1.54) is 38.2 Å². The summed E-state index contributed by atoms with van der Waals surface area (Å²) in [5.41, 5.74) is 7.72. The highest BCUT2D eigenvalue weighted by atomic mass is 35.5. The summed E-state index contributed by atoms with van der Waals surface area (Å²) >= 11 is 6.17. The number of aryl methyl sites for hydroxylation is 1. The summed E-state index contributed by atoms with van der Waals surface area (Å²) in [7, 11) is 0. The fourth-order valence-corrected chi connectivity index (χ4v) is 4.59. The minimum Gasteiger partial charge on any atom is -0.486 e. The van der Waals surface area contributed by atoms with Crippen LogP contribution in [0.25, 0.3) is 11.0 Å². The molecule has 0 atom stereocenters. The summed E-state index contributed by atoms with van der Waals surface area (Å²) in [5.74, 6) is 2.27. The van der Waals surface area contributed by atoms with Crippen LogP contribution in [0.4, 0.5) is 0 Å². The lowest BCUT2D eigenvalue weighted by Gasteiger charge is -2.21. The van der Waals surface area contributed by atoms with E-state index in [4.69, 9.17) is 31.2 Å².